The van der Waals surface area contributed by atoms with Gasteiger partial charge < -0.3 is 19.3 Å². The summed E-state index contributed by atoms with van der Waals surface area (Å²) in [7, 11) is 0. The van der Waals surface area contributed by atoms with Gasteiger partial charge in [-0.2, -0.15) is 0 Å². The summed E-state index contributed by atoms with van der Waals surface area (Å²) in [5.41, 5.74) is 2.37. The van der Waals surface area contributed by atoms with E-state index in [0.717, 1.165) is 23.1 Å². The van der Waals surface area contributed by atoms with Crippen LogP contribution in [0.15, 0.2) is 42.5 Å². The van der Waals surface area contributed by atoms with Gasteiger partial charge in [0.2, 0.25) is 5.91 Å². The summed E-state index contributed by atoms with van der Waals surface area (Å²) in [6.07, 6.45) is 0.675. The molecule has 2 heterocycles. The molecule has 2 atom stereocenters. The van der Waals surface area contributed by atoms with Crippen molar-refractivity contribution >= 4 is 11.8 Å². The number of benzene rings is 2. The zero-order chi connectivity index (χ0) is 25.2. The maximum atomic E-state index is 13.7. The Morgan fingerprint density at radius 2 is 1.77 bits per heavy atom. The Bertz CT molecular complexity index is 1060. The Balaban J connectivity index is 1.67. The number of ether oxygens (including phenoxy) is 2. The van der Waals surface area contributed by atoms with Gasteiger partial charge in [0.15, 0.2) is 6.10 Å². The lowest BCUT2D eigenvalue weighted by molar-refractivity contribution is -0.143. The summed E-state index contributed by atoms with van der Waals surface area (Å²) in [6.45, 7) is 10.5. The highest BCUT2D eigenvalue weighted by Crippen LogP contribution is 2.39. The number of nitrogens with zero attached hydrogens (tertiary/aromatic N) is 2. The standard InChI is InChI=1S/C28H35FN2O4/c1-5-24(26(32)30-14-16-34-17-15-30)35-22-11-8-19-12-13-31(27(33)28(2,3)4)25(23(19)18-22)20-6-9-21(29)10-7-20/h6-11,18,24-25H,5,12-17H2,1-4H3/t24-,25+/m1/s1. The van der Waals surface area contributed by atoms with E-state index >= 15 is 0 Å². The molecular formula is C28H35FN2O4. The highest BCUT2D eigenvalue weighted by molar-refractivity contribution is 5.83. The van der Waals surface area contributed by atoms with E-state index < -0.39 is 11.5 Å². The molecule has 1 saturated heterocycles. The Morgan fingerprint density at radius 3 is 2.40 bits per heavy atom. The van der Waals surface area contributed by atoms with E-state index in [2.05, 4.69) is 0 Å². The first-order chi connectivity index (χ1) is 16.7. The van der Waals surface area contributed by atoms with Crippen LogP contribution in [0.2, 0.25) is 0 Å². The second-order valence-electron chi connectivity index (χ2n) is 10.3. The Kier molecular flexibility index (Phi) is 7.45. The molecule has 7 heteroatoms. The molecule has 0 radical (unpaired) electrons. The molecule has 6 nitrogen and oxygen atoms in total. The van der Waals surface area contributed by atoms with Crippen LogP contribution in [-0.4, -0.2) is 60.6 Å². The molecule has 2 aromatic rings. The minimum absolute atomic E-state index is 0.0341. The van der Waals surface area contributed by atoms with Gasteiger partial charge in [0.05, 0.1) is 19.3 Å². The largest absolute Gasteiger partial charge is 0.481 e. The van der Waals surface area contributed by atoms with Crippen LogP contribution in [0.1, 0.15) is 56.8 Å². The van der Waals surface area contributed by atoms with Crippen LogP contribution < -0.4 is 4.74 Å². The number of hydrogen-bond donors (Lipinski definition) is 0. The summed E-state index contributed by atoms with van der Waals surface area (Å²) in [5, 5.41) is 0. The third-order valence-electron chi connectivity index (χ3n) is 6.68. The molecule has 4 rings (SSSR count). The average molecular weight is 483 g/mol. The van der Waals surface area contributed by atoms with Crippen molar-refractivity contribution in [2.45, 2.75) is 52.7 Å². The second-order valence-corrected chi connectivity index (χ2v) is 10.3. The molecule has 2 aliphatic heterocycles. The van der Waals surface area contributed by atoms with Gasteiger partial charge in [-0.15, -0.1) is 0 Å². The Morgan fingerprint density at radius 1 is 1.09 bits per heavy atom. The van der Waals surface area contributed by atoms with Gasteiger partial charge in [0.1, 0.15) is 11.6 Å². The van der Waals surface area contributed by atoms with E-state index in [1.54, 1.807) is 17.0 Å². The smallest absolute Gasteiger partial charge is 0.263 e. The van der Waals surface area contributed by atoms with Gasteiger partial charge in [-0.3, -0.25) is 9.59 Å². The van der Waals surface area contributed by atoms with Crippen LogP contribution in [0.5, 0.6) is 5.75 Å². The highest BCUT2D eigenvalue weighted by Gasteiger charge is 2.37. The molecular weight excluding hydrogens is 447 g/mol. The van der Waals surface area contributed by atoms with Crippen LogP contribution in [0.4, 0.5) is 4.39 Å². The zero-order valence-electron chi connectivity index (χ0n) is 21.1. The molecule has 0 spiro atoms. The molecule has 35 heavy (non-hydrogen) atoms. The van der Waals surface area contributed by atoms with E-state index in [1.165, 1.54) is 12.1 Å². The lowest BCUT2D eigenvalue weighted by atomic mass is 9.85. The molecule has 0 N–H and O–H groups in total. The van der Waals surface area contributed by atoms with E-state index in [0.29, 0.717) is 45.0 Å². The molecule has 0 bridgehead atoms. The lowest BCUT2D eigenvalue weighted by Gasteiger charge is -2.41. The monoisotopic (exact) mass is 482 g/mol. The van der Waals surface area contributed by atoms with Crippen LogP contribution in [0.25, 0.3) is 0 Å². The molecule has 2 amide bonds. The third kappa shape index (κ3) is 5.50. The van der Waals surface area contributed by atoms with Gasteiger partial charge in [-0.05, 0) is 53.8 Å². The van der Waals surface area contributed by atoms with Crippen molar-refractivity contribution in [3.05, 3.63) is 65.0 Å². The van der Waals surface area contributed by atoms with E-state index in [1.807, 2.05) is 50.8 Å². The molecule has 0 aliphatic carbocycles. The van der Waals surface area contributed by atoms with Crippen molar-refractivity contribution < 1.29 is 23.5 Å². The number of carbonyl (C=O) groups excluding carboxylic acids is 2. The Hall–Kier alpha value is -2.93. The quantitative estimate of drug-likeness (QED) is 0.635. The van der Waals surface area contributed by atoms with Crippen LogP contribution in [-0.2, 0) is 20.7 Å². The van der Waals surface area contributed by atoms with Gasteiger partial charge >= 0.3 is 0 Å². The maximum Gasteiger partial charge on any atom is 0.263 e. The second kappa shape index (κ2) is 10.4. The first-order valence-electron chi connectivity index (χ1n) is 12.4. The molecule has 2 aliphatic rings. The SMILES string of the molecule is CC[C@@H](Oc1ccc2c(c1)[C@H](c1ccc(F)cc1)N(C(=O)C(C)(C)C)CC2)C(=O)N1CCOCC1. The van der Waals surface area contributed by atoms with Crippen LogP contribution >= 0.6 is 0 Å². The zero-order valence-corrected chi connectivity index (χ0v) is 21.1. The number of hydrogen-bond acceptors (Lipinski definition) is 4. The number of fused-ring (bicyclic) bond motifs is 1. The fourth-order valence-electron chi connectivity index (χ4n) is 4.78. The van der Waals surface area contributed by atoms with Crippen molar-refractivity contribution in [3.8, 4) is 5.75 Å². The van der Waals surface area contributed by atoms with Crippen LogP contribution in [0.3, 0.4) is 0 Å². The summed E-state index contributed by atoms with van der Waals surface area (Å²) >= 11 is 0. The minimum atomic E-state index is -0.591. The highest BCUT2D eigenvalue weighted by atomic mass is 19.1. The predicted molar refractivity (Wildman–Crippen MR) is 132 cm³/mol. The van der Waals surface area contributed by atoms with E-state index in [4.69, 9.17) is 9.47 Å². The minimum Gasteiger partial charge on any atom is -0.481 e. The van der Waals surface area contributed by atoms with Gasteiger partial charge in [-0.1, -0.05) is 45.9 Å². The molecule has 0 saturated carbocycles. The molecule has 188 valence electrons. The Labute approximate surface area is 207 Å². The van der Waals surface area contributed by atoms with Gasteiger partial charge in [0, 0.05) is 25.0 Å². The number of halogens is 1. The topological polar surface area (TPSA) is 59.1 Å². The first kappa shape index (κ1) is 25.2. The lowest BCUT2D eigenvalue weighted by Crippen LogP contribution is -2.47. The summed E-state index contributed by atoms with van der Waals surface area (Å²) in [6, 6.07) is 11.8. The molecule has 0 unspecified atom stereocenters. The summed E-state index contributed by atoms with van der Waals surface area (Å²) < 4.78 is 25.3. The fraction of sp³-hybridized carbons (Fsp3) is 0.500. The van der Waals surface area contributed by atoms with Crippen molar-refractivity contribution in [2.24, 2.45) is 5.41 Å². The van der Waals surface area contributed by atoms with Gasteiger partial charge in [0.25, 0.3) is 5.91 Å². The number of morpholine rings is 1. The number of rotatable bonds is 5. The average Bonchev–Trinajstić information content (AvgIpc) is 2.86. The van der Waals surface area contributed by atoms with E-state index in [9.17, 15) is 14.0 Å². The van der Waals surface area contributed by atoms with Crippen molar-refractivity contribution in [2.75, 3.05) is 32.8 Å². The number of amides is 2. The fourth-order valence-corrected chi connectivity index (χ4v) is 4.78. The summed E-state index contributed by atoms with van der Waals surface area (Å²) in [4.78, 5) is 30.1. The summed E-state index contributed by atoms with van der Waals surface area (Å²) in [5.74, 6) is 0.281. The maximum absolute atomic E-state index is 13.7. The molecule has 1 fully saturated rings. The molecule has 2 aromatic carbocycles. The predicted octanol–water partition coefficient (Wildman–Crippen LogP) is 4.36. The van der Waals surface area contributed by atoms with Crippen LogP contribution in [0, 0.1) is 11.2 Å². The van der Waals surface area contributed by atoms with Crippen molar-refractivity contribution in [1.29, 1.82) is 0 Å². The number of carbonyl (C=O) groups is 2. The van der Waals surface area contributed by atoms with Crippen molar-refractivity contribution in [3.63, 3.8) is 0 Å². The van der Waals surface area contributed by atoms with E-state index in [-0.39, 0.29) is 23.7 Å². The van der Waals surface area contributed by atoms with Crippen molar-refractivity contribution in [1.82, 2.24) is 9.80 Å². The third-order valence-corrected chi connectivity index (χ3v) is 6.68. The molecule has 0 aromatic heterocycles. The van der Waals surface area contributed by atoms with Gasteiger partial charge in [-0.25, -0.2) is 4.39 Å². The first-order valence-corrected chi connectivity index (χ1v) is 12.4. The normalized spacial score (nSPS) is 19.2.